The predicted octanol–water partition coefficient (Wildman–Crippen LogP) is 4.20. The summed E-state index contributed by atoms with van der Waals surface area (Å²) in [6, 6.07) is 8.74. The topological polar surface area (TPSA) is 42.2 Å². The van der Waals surface area contributed by atoms with Crippen molar-refractivity contribution in [3.05, 3.63) is 34.7 Å². The van der Waals surface area contributed by atoms with Crippen molar-refractivity contribution < 1.29 is 0 Å². The van der Waals surface area contributed by atoms with E-state index in [1.54, 1.807) is 11.3 Å². The highest BCUT2D eigenvalue weighted by molar-refractivity contribution is 7.09. The maximum absolute atomic E-state index is 5.85. The van der Waals surface area contributed by atoms with E-state index >= 15 is 0 Å². The summed E-state index contributed by atoms with van der Waals surface area (Å²) in [7, 11) is 2.27. The zero-order chi connectivity index (χ0) is 15.4. The molecule has 1 aliphatic rings. The van der Waals surface area contributed by atoms with E-state index in [0.717, 1.165) is 36.0 Å². The minimum Gasteiger partial charge on any atom is -0.399 e. The highest BCUT2D eigenvalue weighted by atomic mass is 32.1. The Bertz CT molecular complexity index is 602. The van der Waals surface area contributed by atoms with Crippen LogP contribution in [0.2, 0.25) is 0 Å². The van der Waals surface area contributed by atoms with E-state index in [2.05, 4.69) is 23.4 Å². The second kappa shape index (κ2) is 7.25. The van der Waals surface area contributed by atoms with Crippen molar-refractivity contribution in [3.8, 4) is 11.3 Å². The second-order valence-corrected chi connectivity index (χ2v) is 7.22. The lowest BCUT2D eigenvalue weighted by Crippen LogP contribution is -2.34. The minimum atomic E-state index is 0.780. The van der Waals surface area contributed by atoms with Gasteiger partial charge in [0, 0.05) is 35.6 Å². The van der Waals surface area contributed by atoms with E-state index in [9.17, 15) is 0 Å². The molecule has 3 nitrogen and oxygen atoms in total. The molecule has 22 heavy (non-hydrogen) atoms. The first-order valence-electron chi connectivity index (χ1n) is 8.23. The number of anilines is 1. The average Bonchev–Trinajstić information content (AvgIpc) is 3.02. The number of nitrogen functional groups attached to an aromatic ring is 1. The van der Waals surface area contributed by atoms with Gasteiger partial charge in [0.05, 0.1) is 10.7 Å². The van der Waals surface area contributed by atoms with Gasteiger partial charge in [0.15, 0.2) is 0 Å². The van der Waals surface area contributed by atoms with Gasteiger partial charge < -0.3 is 10.6 Å². The Kier molecular flexibility index (Phi) is 5.11. The summed E-state index contributed by atoms with van der Waals surface area (Å²) in [6.07, 6.45) is 7.98. The summed E-state index contributed by atoms with van der Waals surface area (Å²) in [5.74, 6) is 0. The summed E-state index contributed by atoms with van der Waals surface area (Å²) in [4.78, 5) is 7.30. The summed E-state index contributed by atoms with van der Waals surface area (Å²) in [6.45, 7) is 1.11. The molecule has 0 unspecified atom stereocenters. The average molecular weight is 315 g/mol. The van der Waals surface area contributed by atoms with Crippen LogP contribution in [0.15, 0.2) is 29.6 Å². The van der Waals surface area contributed by atoms with Crippen LogP contribution in [0.5, 0.6) is 0 Å². The van der Waals surface area contributed by atoms with Crippen LogP contribution < -0.4 is 5.73 Å². The Morgan fingerprint density at radius 2 is 2.09 bits per heavy atom. The van der Waals surface area contributed by atoms with Crippen molar-refractivity contribution in [3.63, 3.8) is 0 Å². The summed E-state index contributed by atoms with van der Waals surface area (Å²) >= 11 is 1.76. The minimum absolute atomic E-state index is 0.780. The van der Waals surface area contributed by atoms with Gasteiger partial charge in [-0.1, -0.05) is 31.4 Å². The number of hydrogen-bond acceptors (Lipinski definition) is 4. The molecule has 0 bridgehead atoms. The molecule has 1 heterocycles. The quantitative estimate of drug-likeness (QED) is 0.841. The number of benzene rings is 1. The third kappa shape index (κ3) is 3.87. The van der Waals surface area contributed by atoms with Crippen molar-refractivity contribution in [2.45, 2.75) is 44.6 Å². The molecule has 1 fully saturated rings. The van der Waals surface area contributed by atoms with E-state index < -0.39 is 0 Å². The van der Waals surface area contributed by atoms with Crippen LogP contribution in [0.4, 0.5) is 5.69 Å². The molecule has 2 aromatic rings. The highest BCUT2D eigenvalue weighted by Crippen LogP contribution is 2.25. The molecule has 3 rings (SSSR count). The van der Waals surface area contributed by atoms with Crippen LogP contribution in [0, 0.1) is 0 Å². The van der Waals surface area contributed by atoms with Gasteiger partial charge in [-0.05, 0) is 32.0 Å². The molecule has 0 saturated heterocycles. The summed E-state index contributed by atoms with van der Waals surface area (Å²) < 4.78 is 0. The van der Waals surface area contributed by atoms with Crippen LogP contribution in [0.3, 0.4) is 0 Å². The largest absolute Gasteiger partial charge is 0.399 e. The normalized spacial score (nSPS) is 16.3. The molecule has 4 heteroatoms. The Balaban J connectivity index is 1.57. The van der Waals surface area contributed by atoms with Crippen molar-refractivity contribution >= 4 is 17.0 Å². The predicted molar refractivity (Wildman–Crippen MR) is 95.2 cm³/mol. The number of likely N-dealkylation sites (N-methyl/N-ethyl adjacent to an activating group) is 1. The van der Waals surface area contributed by atoms with Crippen molar-refractivity contribution in [1.82, 2.24) is 9.88 Å². The first-order chi connectivity index (χ1) is 10.7. The molecule has 0 amide bonds. The standard InChI is InChI=1S/C18H25N3S/c1-21(16-8-3-2-4-9-16)11-10-18-20-17(13-22-18)14-6-5-7-15(19)12-14/h5-7,12-13,16H,2-4,8-11,19H2,1H3. The maximum atomic E-state index is 5.85. The number of aromatic nitrogens is 1. The van der Waals surface area contributed by atoms with Gasteiger partial charge in [0.2, 0.25) is 0 Å². The van der Waals surface area contributed by atoms with Crippen LogP contribution in [0.1, 0.15) is 37.1 Å². The first-order valence-corrected chi connectivity index (χ1v) is 9.11. The van der Waals surface area contributed by atoms with Gasteiger partial charge in [0.1, 0.15) is 0 Å². The lowest BCUT2D eigenvalue weighted by atomic mass is 9.94. The zero-order valence-corrected chi connectivity index (χ0v) is 14.1. The fourth-order valence-electron chi connectivity index (χ4n) is 3.23. The molecular weight excluding hydrogens is 290 g/mol. The first kappa shape index (κ1) is 15.5. The fraction of sp³-hybridized carbons (Fsp3) is 0.500. The molecule has 1 aromatic heterocycles. The van der Waals surface area contributed by atoms with E-state index in [1.807, 2.05) is 18.2 Å². The van der Waals surface area contributed by atoms with E-state index in [4.69, 9.17) is 10.7 Å². The Morgan fingerprint density at radius 3 is 2.86 bits per heavy atom. The smallest absolute Gasteiger partial charge is 0.0945 e. The molecule has 1 saturated carbocycles. The monoisotopic (exact) mass is 315 g/mol. The van der Waals surface area contributed by atoms with E-state index in [1.165, 1.54) is 37.1 Å². The van der Waals surface area contributed by atoms with Crippen LogP contribution in [0.25, 0.3) is 11.3 Å². The molecule has 0 spiro atoms. The Morgan fingerprint density at radius 1 is 1.27 bits per heavy atom. The number of nitrogens with zero attached hydrogens (tertiary/aromatic N) is 2. The molecule has 2 N–H and O–H groups in total. The van der Waals surface area contributed by atoms with Crippen molar-refractivity contribution in [2.24, 2.45) is 0 Å². The Labute approximate surface area is 137 Å². The number of thiazole rings is 1. The van der Waals surface area contributed by atoms with Gasteiger partial charge in [0.25, 0.3) is 0 Å². The molecule has 0 atom stereocenters. The van der Waals surface area contributed by atoms with E-state index in [-0.39, 0.29) is 0 Å². The van der Waals surface area contributed by atoms with Gasteiger partial charge in [-0.3, -0.25) is 0 Å². The van der Waals surface area contributed by atoms with Gasteiger partial charge in [-0.15, -0.1) is 11.3 Å². The maximum Gasteiger partial charge on any atom is 0.0945 e. The molecule has 0 radical (unpaired) electrons. The number of rotatable bonds is 5. The molecule has 1 aliphatic carbocycles. The molecule has 0 aliphatic heterocycles. The second-order valence-electron chi connectivity index (χ2n) is 6.27. The molecular formula is C18H25N3S. The lowest BCUT2D eigenvalue weighted by molar-refractivity contribution is 0.194. The summed E-state index contributed by atoms with van der Waals surface area (Å²) in [5.41, 5.74) is 8.81. The van der Waals surface area contributed by atoms with Gasteiger partial charge in [-0.2, -0.15) is 0 Å². The zero-order valence-electron chi connectivity index (χ0n) is 13.3. The number of hydrogen-bond donors (Lipinski definition) is 1. The molecule has 1 aromatic carbocycles. The lowest BCUT2D eigenvalue weighted by Gasteiger charge is -2.30. The van der Waals surface area contributed by atoms with E-state index in [0.29, 0.717) is 0 Å². The van der Waals surface area contributed by atoms with Crippen LogP contribution in [-0.2, 0) is 6.42 Å². The fourth-order valence-corrected chi connectivity index (χ4v) is 4.03. The van der Waals surface area contributed by atoms with Crippen molar-refractivity contribution in [1.29, 1.82) is 0 Å². The van der Waals surface area contributed by atoms with Crippen molar-refractivity contribution in [2.75, 3.05) is 19.3 Å². The SMILES string of the molecule is CN(CCc1nc(-c2cccc(N)c2)cs1)C1CCCCC1. The Hall–Kier alpha value is -1.39. The van der Waals surface area contributed by atoms with Gasteiger partial charge >= 0.3 is 0 Å². The third-order valence-electron chi connectivity index (χ3n) is 4.61. The van der Waals surface area contributed by atoms with Crippen LogP contribution in [-0.4, -0.2) is 29.5 Å². The van der Waals surface area contributed by atoms with Crippen LogP contribution >= 0.6 is 11.3 Å². The third-order valence-corrected chi connectivity index (χ3v) is 5.52. The number of nitrogens with two attached hydrogens (primary N) is 1. The molecule has 118 valence electrons. The highest BCUT2D eigenvalue weighted by Gasteiger charge is 2.18. The summed E-state index contributed by atoms with van der Waals surface area (Å²) in [5, 5.41) is 3.37. The van der Waals surface area contributed by atoms with Gasteiger partial charge in [-0.25, -0.2) is 4.98 Å².